The molecule has 34 heavy (non-hydrogen) atoms. The zero-order valence-electron chi connectivity index (χ0n) is 20.0. The van der Waals surface area contributed by atoms with E-state index in [1.807, 2.05) is 18.7 Å². The van der Waals surface area contributed by atoms with Crippen molar-refractivity contribution in [3.8, 4) is 5.75 Å². The third-order valence-electron chi connectivity index (χ3n) is 5.46. The molecule has 2 amide bonds. The van der Waals surface area contributed by atoms with Crippen LogP contribution in [0.25, 0.3) is 0 Å². The highest BCUT2D eigenvalue weighted by Gasteiger charge is 2.28. The molecule has 1 N–H and O–H groups in total. The molecule has 1 aromatic carbocycles. The molecular weight excluding hydrogens is 464 g/mol. The van der Waals surface area contributed by atoms with Gasteiger partial charge in [0.05, 0.1) is 43.1 Å². The van der Waals surface area contributed by atoms with E-state index < -0.39 is 10.0 Å². The van der Waals surface area contributed by atoms with Crippen molar-refractivity contribution in [1.82, 2.24) is 14.1 Å². The first-order chi connectivity index (χ1) is 16.2. The Morgan fingerprint density at radius 3 is 2.38 bits per heavy atom. The summed E-state index contributed by atoms with van der Waals surface area (Å²) in [5.74, 6) is 0.107. The number of hydrogen-bond donors (Lipinski definition) is 1. The predicted molar refractivity (Wildman–Crippen MR) is 125 cm³/mol. The first kappa shape index (κ1) is 26.2. The topological polar surface area (TPSA) is 118 Å². The van der Waals surface area contributed by atoms with Crippen LogP contribution in [0.5, 0.6) is 5.75 Å². The Morgan fingerprint density at radius 2 is 1.76 bits per heavy atom. The van der Waals surface area contributed by atoms with E-state index in [1.165, 1.54) is 16.4 Å². The number of nitrogens with zero attached hydrogens (tertiary/aromatic N) is 3. The Bertz CT molecular complexity index is 956. The number of rotatable bonds is 8. The Balaban J connectivity index is 1.68. The van der Waals surface area contributed by atoms with E-state index >= 15 is 0 Å². The summed E-state index contributed by atoms with van der Waals surface area (Å²) in [5, 5.41) is 2.81. The number of sulfonamides is 1. The number of carbonyl (C=O) groups is 2. The number of ether oxygens (including phenoxy) is 3. The van der Waals surface area contributed by atoms with E-state index in [2.05, 4.69) is 5.32 Å². The van der Waals surface area contributed by atoms with E-state index in [-0.39, 0.29) is 42.6 Å². The molecule has 2 heterocycles. The number of amides is 2. The lowest BCUT2D eigenvalue weighted by atomic mass is 10.2. The van der Waals surface area contributed by atoms with Crippen LogP contribution in [0.2, 0.25) is 0 Å². The molecule has 0 atom stereocenters. The molecule has 2 saturated heterocycles. The van der Waals surface area contributed by atoms with Gasteiger partial charge in [-0.05, 0) is 39.0 Å². The molecule has 190 valence electrons. The number of hydrogen-bond acceptors (Lipinski definition) is 8. The third-order valence-corrected chi connectivity index (χ3v) is 7.36. The lowest BCUT2D eigenvalue weighted by Gasteiger charge is -2.33. The van der Waals surface area contributed by atoms with Crippen LogP contribution in [0.15, 0.2) is 23.1 Å². The lowest BCUT2D eigenvalue weighted by molar-refractivity contribution is -0.117. The number of benzene rings is 1. The number of piperazine rings is 1. The van der Waals surface area contributed by atoms with E-state index in [4.69, 9.17) is 14.2 Å². The quantitative estimate of drug-likeness (QED) is 0.568. The number of nitrogens with one attached hydrogen (secondary N) is 1. The molecule has 2 aliphatic heterocycles. The molecule has 0 unspecified atom stereocenters. The van der Waals surface area contributed by atoms with Gasteiger partial charge in [-0.3, -0.25) is 9.69 Å². The standard InChI is InChI=1S/C22H34N4O7S/c1-4-32-22(28)25-9-7-24(8-10-25)16-21(27)23-19-15-18(5-6-20(19)33-17(2)3)34(29,30)26-11-13-31-14-12-26/h5-6,15,17H,4,7-14,16H2,1-3H3,(H,23,27). The van der Waals surface area contributed by atoms with E-state index in [9.17, 15) is 18.0 Å². The van der Waals surface area contributed by atoms with Crippen LogP contribution in [0.4, 0.5) is 10.5 Å². The highest BCUT2D eigenvalue weighted by molar-refractivity contribution is 7.89. The van der Waals surface area contributed by atoms with Gasteiger partial charge in [0, 0.05) is 39.3 Å². The maximum Gasteiger partial charge on any atom is 0.409 e. The molecule has 3 rings (SSSR count). The zero-order chi connectivity index (χ0) is 24.7. The maximum absolute atomic E-state index is 13.1. The first-order valence-corrected chi connectivity index (χ1v) is 13.0. The van der Waals surface area contributed by atoms with E-state index in [0.717, 1.165) is 0 Å². The van der Waals surface area contributed by atoms with Gasteiger partial charge in [-0.2, -0.15) is 4.31 Å². The first-order valence-electron chi connectivity index (χ1n) is 11.5. The Kier molecular flexibility index (Phi) is 9.11. The Labute approximate surface area is 201 Å². The van der Waals surface area contributed by atoms with Gasteiger partial charge in [-0.25, -0.2) is 13.2 Å². The molecule has 0 spiro atoms. The number of carbonyl (C=O) groups excluding carboxylic acids is 2. The van der Waals surface area contributed by atoms with Crippen LogP contribution in [0.1, 0.15) is 20.8 Å². The number of morpholine rings is 1. The lowest BCUT2D eigenvalue weighted by Crippen LogP contribution is -2.50. The van der Waals surface area contributed by atoms with Crippen molar-refractivity contribution in [1.29, 1.82) is 0 Å². The molecule has 12 heteroatoms. The molecule has 2 fully saturated rings. The van der Waals surface area contributed by atoms with Crippen molar-refractivity contribution in [3.05, 3.63) is 18.2 Å². The summed E-state index contributed by atoms with van der Waals surface area (Å²) in [5.41, 5.74) is 0.304. The molecule has 0 saturated carbocycles. The van der Waals surface area contributed by atoms with E-state index in [1.54, 1.807) is 17.9 Å². The van der Waals surface area contributed by atoms with Crippen molar-refractivity contribution in [2.75, 3.05) is 71.0 Å². The zero-order valence-corrected chi connectivity index (χ0v) is 20.8. The largest absolute Gasteiger partial charge is 0.489 e. The highest BCUT2D eigenvalue weighted by atomic mass is 32.2. The minimum atomic E-state index is -3.73. The molecule has 1 aromatic rings. The van der Waals surface area contributed by atoms with Crippen molar-refractivity contribution >= 4 is 27.7 Å². The molecule has 0 aromatic heterocycles. The van der Waals surface area contributed by atoms with Gasteiger partial charge >= 0.3 is 6.09 Å². The van der Waals surface area contributed by atoms with Crippen molar-refractivity contribution < 1.29 is 32.2 Å². The average molecular weight is 499 g/mol. The molecule has 2 aliphatic rings. The number of anilines is 1. The normalized spacial score (nSPS) is 18.1. The molecule has 0 aliphatic carbocycles. The SMILES string of the molecule is CCOC(=O)N1CCN(CC(=O)Nc2cc(S(=O)(=O)N3CCOCC3)ccc2OC(C)C)CC1. The smallest absolute Gasteiger partial charge is 0.409 e. The second-order valence-corrected chi connectivity index (χ2v) is 10.3. The van der Waals surface area contributed by atoms with Gasteiger partial charge in [0.15, 0.2) is 0 Å². The molecular formula is C22H34N4O7S. The fourth-order valence-corrected chi connectivity index (χ4v) is 5.19. The van der Waals surface area contributed by atoms with Crippen LogP contribution in [-0.2, 0) is 24.3 Å². The molecule has 0 bridgehead atoms. The average Bonchev–Trinajstić information content (AvgIpc) is 2.81. The monoisotopic (exact) mass is 498 g/mol. The second kappa shape index (κ2) is 11.8. The third kappa shape index (κ3) is 6.81. The maximum atomic E-state index is 13.1. The minimum absolute atomic E-state index is 0.0869. The summed E-state index contributed by atoms with van der Waals surface area (Å²) < 4.78 is 43.6. The summed E-state index contributed by atoms with van der Waals surface area (Å²) >= 11 is 0. The van der Waals surface area contributed by atoms with Gasteiger partial charge in [0.2, 0.25) is 15.9 Å². The fourth-order valence-electron chi connectivity index (χ4n) is 3.76. The Hall–Kier alpha value is -2.41. The predicted octanol–water partition coefficient (Wildman–Crippen LogP) is 1.21. The van der Waals surface area contributed by atoms with Crippen molar-refractivity contribution in [2.24, 2.45) is 0 Å². The highest BCUT2D eigenvalue weighted by Crippen LogP contribution is 2.30. The minimum Gasteiger partial charge on any atom is -0.489 e. The van der Waals surface area contributed by atoms with Gasteiger partial charge in [-0.1, -0.05) is 0 Å². The van der Waals surface area contributed by atoms with Crippen LogP contribution in [0.3, 0.4) is 0 Å². The van der Waals surface area contributed by atoms with Crippen LogP contribution < -0.4 is 10.1 Å². The van der Waals surface area contributed by atoms with Gasteiger partial charge in [0.1, 0.15) is 5.75 Å². The summed E-state index contributed by atoms with van der Waals surface area (Å²) in [6.07, 6.45) is -0.506. The fraction of sp³-hybridized carbons (Fsp3) is 0.636. The van der Waals surface area contributed by atoms with Crippen molar-refractivity contribution in [2.45, 2.75) is 31.8 Å². The summed E-state index contributed by atoms with van der Waals surface area (Å²) in [4.78, 5) is 28.3. The van der Waals surface area contributed by atoms with Crippen LogP contribution in [0, 0.1) is 0 Å². The van der Waals surface area contributed by atoms with Gasteiger partial charge < -0.3 is 24.4 Å². The molecule has 0 radical (unpaired) electrons. The second-order valence-electron chi connectivity index (χ2n) is 8.35. The summed E-state index contributed by atoms with van der Waals surface area (Å²) in [7, 11) is -3.73. The van der Waals surface area contributed by atoms with Gasteiger partial charge in [-0.15, -0.1) is 0 Å². The van der Waals surface area contributed by atoms with Gasteiger partial charge in [0.25, 0.3) is 0 Å². The van der Waals surface area contributed by atoms with Crippen LogP contribution >= 0.6 is 0 Å². The Morgan fingerprint density at radius 1 is 1.09 bits per heavy atom. The van der Waals surface area contributed by atoms with Crippen molar-refractivity contribution in [3.63, 3.8) is 0 Å². The molecule has 11 nitrogen and oxygen atoms in total. The van der Waals surface area contributed by atoms with E-state index in [0.29, 0.717) is 57.4 Å². The van der Waals surface area contributed by atoms with Crippen LogP contribution in [-0.4, -0.2) is 106 Å². The summed E-state index contributed by atoms with van der Waals surface area (Å²) in [6.45, 7) is 9.18. The summed E-state index contributed by atoms with van der Waals surface area (Å²) in [6, 6.07) is 4.51.